The Bertz CT molecular complexity index is 684. The molecule has 7 heteroatoms. The molecule has 4 atom stereocenters. The number of rotatable bonds is 6. The van der Waals surface area contributed by atoms with Gasteiger partial charge in [0.05, 0.1) is 13.2 Å². The molecule has 0 spiro atoms. The molecule has 1 heterocycles. The van der Waals surface area contributed by atoms with E-state index in [-0.39, 0.29) is 24.5 Å². The molecule has 4 fully saturated rings. The highest BCUT2D eigenvalue weighted by Gasteiger charge is 2.51. The first kappa shape index (κ1) is 21.2. The Balaban J connectivity index is 1.17. The van der Waals surface area contributed by atoms with E-state index >= 15 is 0 Å². The Labute approximate surface area is 179 Å². The zero-order chi connectivity index (χ0) is 21.1. The minimum atomic E-state index is -0.361. The van der Waals surface area contributed by atoms with E-state index in [2.05, 4.69) is 11.9 Å². The lowest BCUT2D eigenvalue weighted by atomic mass is 9.68. The summed E-state index contributed by atoms with van der Waals surface area (Å²) in [5, 5.41) is 2.50. The maximum absolute atomic E-state index is 12.5. The van der Waals surface area contributed by atoms with Crippen molar-refractivity contribution in [3.8, 4) is 0 Å². The van der Waals surface area contributed by atoms with Crippen LogP contribution in [-0.4, -0.2) is 67.0 Å². The Kier molecular flexibility index (Phi) is 6.34. The third-order valence-electron chi connectivity index (χ3n) is 7.95. The minimum absolute atomic E-state index is 0.0413. The van der Waals surface area contributed by atoms with Crippen LogP contribution in [-0.2, 0) is 14.3 Å². The maximum Gasteiger partial charge on any atom is 0.409 e. The Morgan fingerprint density at radius 2 is 1.77 bits per heavy atom. The molecule has 1 N–H and O–H groups in total. The number of nitrogens with zero attached hydrogens (tertiary/aromatic N) is 2. The number of hydrogen-bond acceptors (Lipinski definition) is 4. The summed E-state index contributed by atoms with van der Waals surface area (Å²) < 4.78 is 5.66. The summed E-state index contributed by atoms with van der Waals surface area (Å²) in [5.74, 6) is 2.23. The van der Waals surface area contributed by atoms with Crippen molar-refractivity contribution in [3.05, 3.63) is 12.7 Å². The van der Waals surface area contributed by atoms with Crippen molar-refractivity contribution >= 4 is 17.9 Å². The summed E-state index contributed by atoms with van der Waals surface area (Å²) >= 11 is 0. The molecule has 30 heavy (non-hydrogen) atoms. The van der Waals surface area contributed by atoms with E-state index in [0.29, 0.717) is 38.2 Å². The number of carbonyl (C=O) groups is 3. The van der Waals surface area contributed by atoms with Gasteiger partial charge in [0.1, 0.15) is 0 Å². The molecule has 1 aliphatic heterocycles. The van der Waals surface area contributed by atoms with E-state index in [9.17, 15) is 14.4 Å². The second kappa shape index (κ2) is 8.98. The number of fused-ring (bicyclic) bond motifs is 2. The van der Waals surface area contributed by atoms with Crippen LogP contribution in [0.5, 0.6) is 0 Å². The molecule has 4 unspecified atom stereocenters. The molecule has 0 aromatic carbocycles. The third-order valence-corrected chi connectivity index (χ3v) is 7.95. The van der Waals surface area contributed by atoms with Crippen LogP contribution < -0.4 is 5.32 Å². The van der Waals surface area contributed by atoms with Crippen molar-refractivity contribution in [2.24, 2.45) is 23.2 Å². The van der Waals surface area contributed by atoms with Gasteiger partial charge in [0, 0.05) is 26.2 Å². The van der Waals surface area contributed by atoms with Crippen LogP contribution in [0.15, 0.2) is 12.7 Å². The topological polar surface area (TPSA) is 79.0 Å². The number of hydrogen-bond donors (Lipinski definition) is 1. The van der Waals surface area contributed by atoms with E-state index in [0.717, 1.165) is 30.3 Å². The molecule has 4 aliphatic rings. The summed E-state index contributed by atoms with van der Waals surface area (Å²) in [6.07, 6.45) is 11.6. The van der Waals surface area contributed by atoms with E-state index in [4.69, 9.17) is 4.74 Å². The number of carbonyl (C=O) groups excluding carboxylic acids is 3. The lowest BCUT2D eigenvalue weighted by Gasteiger charge is -2.38. The highest BCUT2D eigenvalue weighted by Crippen LogP contribution is 2.61. The lowest BCUT2D eigenvalue weighted by molar-refractivity contribution is -0.133. The number of ether oxygens (including phenoxy) is 1. The molecule has 3 bridgehead atoms. The first-order chi connectivity index (χ1) is 14.5. The first-order valence-electron chi connectivity index (χ1n) is 11.6. The van der Waals surface area contributed by atoms with Gasteiger partial charge in [-0.25, -0.2) is 4.79 Å². The van der Waals surface area contributed by atoms with Gasteiger partial charge in [-0.3, -0.25) is 9.59 Å². The van der Waals surface area contributed by atoms with E-state index in [1.165, 1.54) is 44.9 Å². The van der Waals surface area contributed by atoms with Crippen LogP contribution in [0.4, 0.5) is 4.79 Å². The molecule has 3 amide bonds. The maximum atomic E-state index is 12.5. The fraction of sp³-hybridized carbons (Fsp3) is 0.783. The summed E-state index contributed by atoms with van der Waals surface area (Å²) in [5.41, 5.74) is 0.417. The first-order valence-corrected chi connectivity index (χ1v) is 11.6. The predicted molar refractivity (Wildman–Crippen MR) is 113 cm³/mol. The van der Waals surface area contributed by atoms with Crippen LogP contribution in [0.1, 0.15) is 51.4 Å². The molecule has 3 saturated carbocycles. The normalized spacial score (nSPS) is 32.5. The number of nitrogens with one attached hydrogen (secondary N) is 1. The van der Waals surface area contributed by atoms with Gasteiger partial charge in [-0.05, 0) is 61.3 Å². The molecular formula is C23H35N3O4. The zero-order valence-electron chi connectivity index (χ0n) is 17.9. The fourth-order valence-electron chi connectivity index (χ4n) is 6.56. The van der Waals surface area contributed by atoms with Gasteiger partial charge >= 0.3 is 6.09 Å². The van der Waals surface area contributed by atoms with Crippen molar-refractivity contribution < 1.29 is 19.1 Å². The van der Waals surface area contributed by atoms with Gasteiger partial charge in [-0.2, -0.15) is 0 Å². The molecule has 1 saturated heterocycles. The molecule has 0 aromatic rings. The lowest BCUT2D eigenvalue weighted by Crippen LogP contribution is -2.52. The van der Waals surface area contributed by atoms with E-state index < -0.39 is 0 Å². The van der Waals surface area contributed by atoms with Gasteiger partial charge in [0.2, 0.25) is 11.8 Å². The fourth-order valence-corrected chi connectivity index (χ4v) is 6.56. The molecule has 4 rings (SSSR count). The Hall–Kier alpha value is -2.05. The summed E-state index contributed by atoms with van der Waals surface area (Å²) in [6, 6.07) is 0. The molecule has 166 valence electrons. The standard InChI is InChI=1S/C23H35N3O4/c1-2-20(27)24-16-21(28)25-7-9-26(10-8-25)22(29)30-11-6-23-13-17-4-3-5-18(14-23)19(12-17)15-23/h2,17-19H,1,3-16H2,(H,24,27). The van der Waals surface area contributed by atoms with Crippen LogP contribution in [0.3, 0.4) is 0 Å². The average Bonchev–Trinajstić information content (AvgIpc) is 2.91. The van der Waals surface area contributed by atoms with Crippen LogP contribution in [0.2, 0.25) is 0 Å². The molecule has 0 aromatic heterocycles. The largest absolute Gasteiger partial charge is 0.449 e. The second-order valence-corrected chi connectivity index (χ2v) is 9.82. The quantitative estimate of drug-likeness (QED) is 0.674. The van der Waals surface area contributed by atoms with Crippen LogP contribution in [0.25, 0.3) is 0 Å². The Morgan fingerprint density at radius 1 is 1.03 bits per heavy atom. The van der Waals surface area contributed by atoms with Gasteiger partial charge in [0.15, 0.2) is 0 Å². The molecule has 7 nitrogen and oxygen atoms in total. The Morgan fingerprint density at radius 3 is 2.53 bits per heavy atom. The van der Waals surface area contributed by atoms with E-state index in [1.54, 1.807) is 9.80 Å². The van der Waals surface area contributed by atoms with Crippen LogP contribution in [0, 0.1) is 23.2 Å². The molecule has 3 aliphatic carbocycles. The van der Waals surface area contributed by atoms with Crippen molar-refractivity contribution in [2.45, 2.75) is 51.4 Å². The van der Waals surface area contributed by atoms with Gasteiger partial charge < -0.3 is 19.9 Å². The zero-order valence-corrected chi connectivity index (χ0v) is 17.9. The van der Waals surface area contributed by atoms with Crippen molar-refractivity contribution in [2.75, 3.05) is 39.3 Å². The second-order valence-electron chi connectivity index (χ2n) is 9.82. The van der Waals surface area contributed by atoms with Gasteiger partial charge in [-0.15, -0.1) is 0 Å². The highest BCUT2D eigenvalue weighted by atomic mass is 16.6. The molecule has 0 radical (unpaired) electrons. The average molecular weight is 418 g/mol. The van der Waals surface area contributed by atoms with Gasteiger partial charge in [-0.1, -0.05) is 25.8 Å². The number of piperazine rings is 1. The minimum Gasteiger partial charge on any atom is -0.449 e. The SMILES string of the molecule is C=CC(=O)NCC(=O)N1CCN(C(=O)OCCC23CC4CCCC(C2)C(C4)C3)CC1. The van der Waals surface area contributed by atoms with Crippen molar-refractivity contribution in [1.29, 1.82) is 0 Å². The van der Waals surface area contributed by atoms with Crippen molar-refractivity contribution in [3.63, 3.8) is 0 Å². The highest BCUT2D eigenvalue weighted by molar-refractivity contribution is 5.90. The summed E-state index contributed by atoms with van der Waals surface area (Å²) in [6.45, 7) is 5.71. The monoisotopic (exact) mass is 417 g/mol. The van der Waals surface area contributed by atoms with Crippen LogP contribution >= 0.6 is 0 Å². The predicted octanol–water partition coefficient (Wildman–Crippen LogP) is 2.57. The van der Waals surface area contributed by atoms with E-state index in [1.807, 2.05) is 0 Å². The van der Waals surface area contributed by atoms with Gasteiger partial charge in [0.25, 0.3) is 0 Å². The third kappa shape index (κ3) is 4.65. The van der Waals surface area contributed by atoms with Crippen molar-refractivity contribution in [1.82, 2.24) is 15.1 Å². The molecular weight excluding hydrogens is 382 g/mol. The number of amides is 3. The summed E-state index contributed by atoms with van der Waals surface area (Å²) in [4.78, 5) is 39.2. The summed E-state index contributed by atoms with van der Waals surface area (Å²) in [7, 11) is 0. The smallest absolute Gasteiger partial charge is 0.409 e.